The van der Waals surface area contributed by atoms with E-state index in [1.54, 1.807) is 0 Å². The number of fused-ring (bicyclic) bond motifs is 2. The van der Waals surface area contributed by atoms with Crippen LogP contribution >= 0.6 is 0 Å². The lowest BCUT2D eigenvalue weighted by molar-refractivity contribution is 0.342. The van der Waals surface area contributed by atoms with E-state index in [4.69, 9.17) is 4.65 Å². The van der Waals surface area contributed by atoms with Crippen LogP contribution in [0, 0.1) is 11.8 Å². The summed E-state index contributed by atoms with van der Waals surface area (Å²) in [5.41, 5.74) is 1.45. The van der Waals surface area contributed by atoms with E-state index in [0.717, 1.165) is 11.8 Å². The largest absolute Gasteiger partial charge is 0.438 e. The second kappa shape index (κ2) is 3.71. The Bertz CT molecular complexity index is 234. The van der Waals surface area contributed by atoms with Gasteiger partial charge in [0.15, 0.2) is 0 Å². The Balaban J connectivity index is 2.09. The Kier molecular flexibility index (Phi) is 2.59. The smallest absolute Gasteiger partial charge is 0.293 e. The molecule has 13 heavy (non-hydrogen) atoms. The van der Waals surface area contributed by atoms with Gasteiger partial charge in [-0.25, -0.2) is 0 Å². The van der Waals surface area contributed by atoms with E-state index in [-0.39, 0.29) is 0 Å². The van der Waals surface area contributed by atoms with Crippen molar-refractivity contribution in [3.8, 4) is 0 Å². The predicted molar refractivity (Wildman–Crippen MR) is 56.9 cm³/mol. The third-order valence-electron chi connectivity index (χ3n) is 3.37. The van der Waals surface area contributed by atoms with Gasteiger partial charge < -0.3 is 4.65 Å². The first-order valence-electron chi connectivity index (χ1n) is 5.17. The molecule has 1 nitrogen and oxygen atoms in total. The van der Waals surface area contributed by atoms with Crippen molar-refractivity contribution >= 4 is 6.92 Å². The van der Waals surface area contributed by atoms with Gasteiger partial charge in [0.1, 0.15) is 0 Å². The van der Waals surface area contributed by atoms with Crippen molar-refractivity contribution < 1.29 is 4.65 Å². The second-order valence-electron chi connectivity index (χ2n) is 4.34. The van der Waals surface area contributed by atoms with Crippen LogP contribution in [0.1, 0.15) is 12.8 Å². The zero-order valence-electron chi connectivity index (χ0n) is 8.33. The third kappa shape index (κ3) is 1.88. The molecular formula is C11H17BO. The maximum atomic E-state index is 5.44. The molecule has 0 saturated carbocycles. The van der Waals surface area contributed by atoms with Gasteiger partial charge in [-0.2, -0.15) is 0 Å². The van der Waals surface area contributed by atoms with Gasteiger partial charge in [0, 0.05) is 7.11 Å². The highest BCUT2D eigenvalue weighted by Gasteiger charge is 2.33. The quantitative estimate of drug-likeness (QED) is 0.587. The molecule has 0 aromatic heterocycles. The van der Waals surface area contributed by atoms with Crippen molar-refractivity contribution in [3.63, 3.8) is 0 Å². The molecule has 0 spiro atoms. The SMILES string of the molecule is C=CC1=CC2CB(OC)CC(C1)C2. The van der Waals surface area contributed by atoms with Crippen LogP contribution < -0.4 is 0 Å². The summed E-state index contributed by atoms with van der Waals surface area (Å²) in [5.74, 6) is 1.60. The van der Waals surface area contributed by atoms with Crippen LogP contribution in [0.4, 0.5) is 0 Å². The van der Waals surface area contributed by atoms with Crippen molar-refractivity contribution in [1.29, 1.82) is 0 Å². The first-order valence-corrected chi connectivity index (χ1v) is 5.17. The van der Waals surface area contributed by atoms with Gasteiger partial charge in [0.25, 0.3) is 6.92 Å². The molecule has 2 heteroatoms. The minimum atomic E-state index is 0.506. The Hall–Kier alpha value is -0.495. The molecule has 0 amide bonds. The van der Waals surface area contributed by atoms with E-state index in [2.05, 4.69) is 12.7 Å². The molecule has 2 rings (SSSR count). The summed E-state index contributed by atoms with van der Waals surface area (Å²) in [6.07, 6.45) is 9.47. The standard InChI is InChI=1S/C11H17BO/c1-3-9-4-10-6-11(5-9)8-12(7-10)13-2/h3-4,10-11H,1,5-8H2,2H3. The van der Waals surface area contributed by atoms with Crippen LogP contribution in [-0.4, -0.2) is 14.0 Å². The molecule has 1 fully saturated rings. The van der Waals surface area contributed by atoms with Crippen molar-refractivity contribution in [1.82, 2.24) is 0 Å². The molecule has 1 aliphatic carbocycles. The Morgan fingerprint density at radius 2 is 2.46 bits per heavy atom. The van der Waals surface area contributed by atoms with Crippen LogP contribution in [0.2, 0.25) is 12.6 Å². The van der Waals surface area contributed by atoms with E-state index < -0.39 is 0 Å². The van der Waals surface area contributed by atoms with Crippen molar-refractivity contribution in [3.05, 3.63) is 24.3 Å². The topological polar surface area (TPSA) is 9.23 Å². The fraction of sp³-hybridized carbons (Fsp3) is 0.636. The lowest BCUT2D eigenvalue weighted by Crippen LogP contribution is -2.32. The first-order chi connectivity index (χ1) is 6.31. The van der Waals surface area contributed by atoms with Gasteiger partial charge in [-0.15, -0.1) is 0 Å². The highest BCUT2D eigenvalue weighted by atomic mass is 16.4. The molecule has 1 saturated heterocycles. The molecule has 2 unspecified atom stereocenters. The molecule has 70 valence electrons. The van der Waals surface area contributed by atoms with E-state index in [1.807, 2.05) is 13.2 Å². The minimum Gasteiger partial charge on any atom is -0.438 e. The van der Waals surface area contributed by atoms with Gasteiger partial charge in [-0.3, -0.25) is 0 Å². The maximum Gasteiger partial charge on any atom is 0.293 e. The van der Waals surface area contributed by atoms with Gasteiger partial charge in [0.05, 0.1) is 0 Å². The number of hydrogen-bond acceptors (Lipinski definition) is 1. The van der Waals surface area contributed by atoms with Crippen molar-refractivity contribution in [2.45, 2.75) is 25.5 Å². The van der Waals surface area contributed by atoms with Crippen LogP contribution in [0.3, 0.4) is 0 Å². The molecule has 0 N–H and O–H groups in total. The summed E-state index contributed by atoms with van der Waals surface area (Å²) < 4.78 is 5.44. The summed E-state index contributed by atoms with van der Waals surface area (Å²) in [5, 5.41) is 0. The summed E-state index contributed by atoms with van der Waals surface area (Å²) in [6.45, 7) is 4.36. The number of hydrogen-bond donors (Lipinski definition) is 0. The molecular weight excluding hydrogens is 159 g/mol. The average Bonchev–Trinajstić information content (AvgIpc) is 2.16. The normalized spacial score (nSPS) is 32.7. The van der Waals surface area contributed by atoms with Crippen molar-refractivity contribution in [2.75, 3.05) is 7.11 Å². The minimum absolute atomic E-state index is 0.506. The maximum absolute atomic E-state index is 5.44. The predicted octanol–water partition coefficient (Wildman–Crippen LogP) is 2.78. The summed E-state index contributed by atoms with van der Waals surface area (Å²) in [4.78, 5) is 0. The molecule has 0 aromatic carbocycles. The van der Waals surface area contributed by atoms with Crippen LogP contribution in [0.15, 0.2) is 24.3 Å². The highest BCUT2D eigenvalue weighted by molar-refractivity contribution is 6.52. The molecule has 2 aliphatic rings. The number of rotatable bonds is 2. The fourth-order valence-electron chi connectivity index (χ4n) is 2.78. The second-order valence-corrected chi connectivity index (χ2v) is 4.34. The van der Waals surface area contributed by atoms with E-state index in [1.165, 1.54) is 31.1 Å². The summed E-state index contributed by atoms with van der Waals surface area (Å²) in [7, 11) is 1.84. The molecule has 1 heterocycles. The summed E-state index contributed by atoms with van der Waals surface area (Å²) in [6, 6.07) is 0. The van der Waals surface area contributed by atoms with Gasteiger partial charge in [-0.1, -0.05) is 24.3 Å². The van der Waals surface area contributed by atoms with Crippen LogP contribution in [0.5, 0.6) is 0 Å². The van der Waals surface area contributed by atoms with Gasteiger partial charge in [-0.05, 0) is 37.3 Å². The average molecular weight is 176 g/mol. The van der Waals surface area contributed by atoms with E-state index >= 15 is 0 Å². The lowest BCUT2D eigenvalue weighted by atomic mass is 9.48. The summed E-state index contributed by atoms with van der Waals surface area (Å²) >= 11 is 0. The molecule has 2 atom stereocenters. The van der Waals surface area contributed by atoms with Crippen LogP contribution in [-0.2, 0) is 4.65 Å². The first kappa shape index (κ1) is 9.08. The van der Waals surface area contributed by atoms with Crippen LogP contribution in [0.25, 0.3) is 0 Å². The molecule has 1 aliphatic heterocycles. The molecule has 0 radical (unpaired) electrons. The van der Waals surface area contributed by atoms with Gasteiger partial charge >= 0.3 is 0 Å². The zero-order chi connectivity index (χ0) is 9.26. The van der Waals surface area contributed by atoms with E-state index in [9.17, 15) is 0 Å². The lowest BCUT2D eigenvalue weighted by Gasteiger charge is -2.35. The third-order valence-corrected chi connectivity index (χ3v) is 3.37. The highest BCUT2D eigenvalue weighted by Crippen LogP contribution is 2.39. The fourth-order valence-corrected chi connectivity index (χ4v) is 2.78. The zero-order valence-corrected chi connectivity index (χ0v) is 8.33. The van der Waals surface area contributed by atoms with E-state index in [0.29, 0.717) is 6.92 Å². The number of allylic oxidation sites excluding steroid dienone is 3. The Labute approximate surface area is 81.0 Å². The monoisotopic (exact) mass is 176 g/mol. The van der Waals surface area contributed by atoms with Gasteiger partial charge in [0.2, 0.25) is 0 Å². The Morgan fingerprint density at radius 1 is 1.62 bits per heavy atom. The molecule has 2 bridgehead atoms. The molecule has 0 aromatic rings. The Morgan fingerprint density at radius 3 is 3.08 bits per heavy atom. The van der Waals surface area contributed by atoms with Crippen molar-refractivity contribution in [2.24, 2.45) is 11.8 Å².